The van der Waals surface area contributed by atoms with E-state index in [9.17, 15) is 0 Å². The minimum absolute atomic E-state index is 0. The Bertz CT molecular complexity index is 1310. The van der Waals surface area contributed by atoms with Gasteiger partial charge in [0, 0.05) is 25.8 Å². The van der Waals surface area contributed by atoms with Gasteiger partial charge in [-0.2, -0.15) is 42.0 Å². The molecule has 40 heavy (non-hydrogen) atoms. The first-order valence-electron chi connectivity index (χ1n) is 13.9. The van der Waals surface area contributed by atoms with Crippen LogP contribution in [0, 0.1) is 12.5 Å². The molecule has 0 fully saturated rings. The fourth-order valence-electron chi connectivity index (χ4n) is 4.64. The first-order valence-corrected chi connectivity index (χ1v) is 13.9. The van der Waals surface area contributed by atoms with E-state index in [4.69, 9.17) is 0 Å². The molecule has 0 aliphatic heterocycles. The summed E-state index contributed by atoms with van der Waals surface area (Å²) >= 11 is 0. The largest absolute Gasteiger partial charge is 0.214 e. The van der Waals surface area contributed by atoms with E-state index in [0.717, 1.165) is 6.42 Å². The average molecular weight is 688 g/mol. The number of benzene rings is 4. The molecule has 0 unspecified atom stereocenters. The molecule has 0 N–H and O–H groups in total. The fraction of sp³-hybridized carbons (Fsp3) is 0.231. The third kappa shape index (κ3) is 8.73. The van der Waals surface area contributed by atoms with Crippen molar-refractivity contribution in [2.75, 3.05) is 0 Å². The van der Waals surface area contributed by atoms with Crippen LogP contribution in [-0.2, 0) is 43.1 Å². The van der Waals surface area contributed by atoms with Crippen LogP contribution >= 0.6 is 0 Å². The molecule has 0 atom stereocenters. The van der Waals surface area contributed by atoms with E-state index in [2.05, 4.69) is 133 Å². The molecule has 0 aromatic heterocycles. The zero-order valence-electron chi connectivity index (χ0n) is 24.8. The van der Waals surface area contributed by atoms with Crippen LogP contribution in [0.2, 0.25) is 0 Å². The zero-order valence-corrected chi connectivity index (χ0v) is 28.4. The fourth-order valence-corrected chi connectivity index (χ4v) is 4.64. The normalized spacial score (nSPS) is 11.4. The quantitative estimate of drug-likeness (QED) is 0.126. The summed E-state index contributed by atoms with van der Waals surface area (Å²) in [6.45, 7) is 13.6. The first kappa shape index (κ1) is 31.5. The second-order valence-corrected chi connectivity index (χ2v) is 12.2. The van der Waals surface area contributed by atoms with E-state index in [0.29, 0.717) is 0 Å². The van der Waals surface area contributed by atoms with Crippen molar-refractivity contribution in [3.05, 3.63) is 167 Å². The minimum atomic E-state index is 0. The van der Waals surface area contributed by atoms with E-state index in [1.165, 1.54) is 44.5 Å². The molecule has 1 aliphatic rings. The summed E-state index contributed by atoms with van der Waals surface area (Å²) in [4.78, 5) is 0. The standard InChI is InChI=1S/C21H25.C13H11.C5H5.Hf/c1-20(2,3)16-7-9-18-14(12-16)11-15-13-17(21(4,5)6)8-10-19(15)18;1-3-7-12(8-4-1)11-13-9-5-2-6-10-13;1-2-4-5-3-1;/h7-10,12H,11H2,1-6H3;1-11H;1-5H;/q3*-1;. The van der Waals surface area contributed by atoms with Crippen LogP contribution < -0.4 is 0 Å². The van der Waals surface area contributed by atoms with Gasteiger partial charge in [0.15, 0.2) is 0 Å². The third-order valence-electron chi connectivity index (χ3n) is 6.95. The molecule has 5 aromatic carbocycles. The summed E-state index contributed by atoms with van der Waals surface area (Å²) in [5, 5.41) is 0. The van der Waals surface area contributed by atoms with E-state index in [1.54, 1.807) is 0 Å². The Balaban J connectivity index is 0.000000197. The Morgan fingerprint density at radius 1 is 0.625 bits per heavy atom. The Hall–Kier alpha value is -3.03. The summed E-state index contributed by atoms with van der Waals surface area (Å²) in [6.07, 6.45) is 3.19. The van der Waals surface area contributed by atoms with E-state index < -0.39 is 0 Å². The molecule has 0 spiro atoms. The Labute approximate surface area is 261 Å². The molecular weight excluding hydrogens is 647 g/mol. The minimum Gasteiger partial charge on any atom is -0.214 e. The molecule has 204 valence electrons. The van der Waals surface area contributed by atoms with Gasteiger partial charge in [-0.1, -0.05) is 102 Å². The summed E-state index contributed by atoms with van der Waals surface area (Å²) in [5.41, 5.74) is 11.2. The predicted octanol–water partition coefficient (Wildman–Crippen LogP) is 10.3. The van der Waals surface area contributed by atoms with Gasteiger partial charge in [-0.05, 0) is 28.4 Å². The number of fused-ring (bicyclic) bond motifs is 3. The zero-order chi connectivity index (χ0) is 27.9. The van der Waals surface area contributed by atoms with Gasteiger partial charge in [-0.15, -0.1) is 52.9 Å². The maximum Gasteiger partial charge on any atom is 0 e. The molecule has 1 heteroatoms. The Morgan fingerprint density at radius 3 is 1.65 bits per heavy atom. The third-order valence-corrected chi connectivity index (χ3v) is 6.95. The smallest absolute Gasteiger partial charge is 0 e. The average Bonchev–Trinajstić information content (AvgIpc) is 3.60. The SMILES string of the molecule is CC(C)(C)c1[c-]c2c(cc1)-c1ccc(C(C)(C)C)cc1C2.[Hf].c1cc[cH-]c1.c1ccc([CH-]c2ccccc2)cc1. The summed E-state index contributed by atoms with van der Waals surface area (Å²) in [5.74, 6) is 0. The van der Waals surface area contributed by atoms with Crippen molar-refractivity contribution < 1.29 is 25.8 Å². The molecule has 0 radical (unpaired) electrons. The first-order chi connectivity index (χ1) is 18.6. The molecule has 6 rings (SSSR count). The molecule has 0 amide bonds. The Kier molecular flexibility index (Phi) is 11.1. The van der Waals surface area contributed by atoms with Crippen LogP contribution in [0.25, 0.3) is 11.1 Å². The van der Waals surface area contributed by atoms with Crippen LogP contribution in [0.15, 0.2) is 121 Å². The van der Waals surface area contributed by atoms with Crippen LogP contribution in [0.1, 0.15) is 74.9 Å². The topological polar surface area (TPSA) is 0 Å². The van der Waals surface area contributed by atoms with Crippen molar-refractivity contribution in [1.29, 1.82) is 0 Å². The molecule has 0 heterocycles. The Morgan fingerprint density at radius 2 is 1.18 bits per heavy atom. The van der Waals surface area contributed by atoms with E-state index in [-0.39, 0.29) is 36.7 Å². The number of hydrogen-bond donors (Lipinski definition) is 0. The molecule has 0 bridgehead atoms. The molecular formula is C39H41Hf-3. The van der Waals surface area contributed by atoms with Crippen LogP contribution in [0.4, 0.5) is 0 Å². The van der Waals surface area contributed by atoms with Gasteiger partial charge in [-0.25, -0.2) is 12.1 Å². The second-order valence-electron chi connectivity index (χ2n) is 12.2. The van der Waals surface area contributed by atoms with Crippen molar-refractivity contribution in [3.63, 3.8) is 0 Å². The summed E-state index contributed by atoms with van der Waals surface area (Å²) in [6, 6.07) is 45.8. The number of hydrogen-bond acceptors (Lipinski definition) is 0. The van der Waals surface area contributed by atoms with Crippen LogP contribution in [-0.4, -0.2) is 0 Å². The van der Waals surface area contributed by atoms with Crippen molar-refractivity contribution >= 4 is 0 Å². The van der Waals surface area contributed by atoms with Crippen LogP contribution in [0.5, 0.6) is 0 Å². The van der Waals surface area contributed by atoms with E-state index >= 15 is 0 Å². The van der Waals surface area contributed by atoms with Crippen molar-refractivity contribution in [1.82, 2.24) is 0 Å². The van der Waals surface area contributed by atoms with E-state index in [1.807, 2.05) is 42.5 Å². The maximum atomic E-state index is 3.67. The van der Waals surface area contributed by atoms with Gasteiger partial charge in [-0.3, -0.25) is 0 Å². The van der Waals surface area contributed by atoms with Gasteiger partial charge in [0.25, 0.3) is 0 Å². The summed E-state index contributed by atoms with van der Waals surface area (Å²) in [7, 11) is 0. The molecule has 5 aromatic rings. The van der Waals surface area contributed by atoms with Gasteiger partial charge in [0.1, 0.15) is 0 Å². The van der Waals surface area contributed by atoms with Crippen molar-refractivity contribution in [3.8, 4) is 11.1 Å². The maximum absolute atomic E-state index is 3.67. The molecule has 0 nitrogen and oxygen atoms in total. The van der Waals surface area contributed by atoms with Gasteiger partial charge < -0.3 is 0 Å². The van der Waals surface area contributed by atoms with Gasteiger partial charge in [0.2, 0.25) is 0 Å². The van der Waals surface area contributed by atoms with Crippen LogP contribution in [0.3, 0.4) is 0 Å². The van der Waals surface area contributed by atoms with Gasteiger partial charge >= 0.3 is 0 Å². The molecule has 0 saturated heterocycles. The monoisotopic (exact) mass is 689 g/mol. The van der Waals surface area contributed by atoms with Gasteiger partial charge in [0.05, 0.1) is 0 Å². The predicted molar refractivity (Wildman–Crippen MR) is 168 cm³/mol. The summed E-state index contributed by atoms with van der Waals surface area (Å²) < 4.78 is 0. The van der Waals surface area contributed by atoms with Crippen molar-refractivity contribution in [2.24, 2.45) is 0 Å². The molecule has 0 saturated carbocycles. The second kappa shape index (κ2) is 14.0. The van der Waals surface area contributed by atoms with Crippen molar-refractivity contribution in [2.45, 2.75) is 58.8 Å². The number of rotatable bonds is 2. The molecule has 1 aliphatic carbocycles.